The molecule has 0 amide bonds. The number of hydrazone groups is 1. The normalized spacial score (nSPS) is 19.9. The Morgan fingerprint density at radius 3 is 2.62 bits per heavy atom. The number of rotatable bonds is 4. The zero-order valence-corrected chi connectivity index (χ0v) is 15.0. The van der Waals surface area contributed by atoms with E-state index >= 15 is 0 Å². The van der Waals surface area contributed by atoms with Gasteiger partial charge in [-0.05, 0) is 32.4 Å². The second-order valence-corrected chi connectivity index (χ2v) is 8.42. The van der Waals surface area contributed by atoms with Gasteiger partial charge >= 0.3 is 0 Å². The van der Waals surface area contributed by atoms with Gasteiger partial charge in [-0.1, -0.05) is 18.2 Å². The van der Waals surface area contributed by atoms with Crippen LogP contribution < -0.4 is 5.01 Å². The van der Waals surface area contributed by atoms with Crippen LogP contribution in [0.5, 0.6) is 0 Å². The van der Waals surface area contributed by atoms with Crippen molar-refractivity contribution in [3.8, 4) is 0 Å². The van der Waals surface area contributed by atoms with Crippen molar-refractivity contribution in [2.75, 3.05) is 23.6 Å². The van der Waals surface area contributed by atoms with Crippen molar-refractivity contribution in [1.82, 2.24) is 9.78 Å². The number of hydrogen-bond acceptors (Lipinski definition) is 5. The molecule has 6 nitrogen and oxygen atoms in total. The summed E-state index contributed by atoms with van der Waals surface area (Å²) in [6, 6.07) is 9.82. The first-order valence-corrected chi connectivity index (χ1v) is 9.78. The van der Waals surface area contributed by atoms with E-state index in [1.54, 1.807) is 11.2 Å². The van der Waals surface area contributed by atoms with E-state index < -0.39 is 9.84 Å². The van der Waals surface area contributed by atoms with Crippen LogP contribution in [0.4, 0.5) is 5.69 Å². The summed E-state index contributed by atoms with van der Waals surface area (Å²) in [7, 11) is -1.04. The number of para-hydroxylation sites is 1. The molecule has 1 aromatic heterocycles. The Hall–Kier alpha value is -2.15. The second kappa shape index (κ2) is 6.39. The average molecular weight is 346 g/mol. The summed E-state index contributed by atoms with van der Waals surface area (Å²) in [5.74, 6) is 0.422. The molecule has 1 aliphatic rings. The van der Waals surface area contributed by atoms with Crippen LogP contribution in [-0.4, -0.2) is 43.0 Å². The Morgan fingerprint density at radius 2 is 2.00 bits per heavy atom. The third-order valence-corrected chi connectivity index (χ3v) is 6.18. The summed E-state index contributed by atoms with van der Waals surface area (Å²) in [6.07, 6.45) is 2.43. The Morgan fingerprint density at radius 1 is 1.29 bits per heavy atom. The van der Waals surface area contributed by atoms with Gasteiger partial charge in [-0.2, -0.15) is 10.2 Å². The summed E-state index contributed by atoms with van der Waals surface area (Å²) in [4.78, 5) is 0. The molecule has 128 valence electrons. The minimum absolute atomic E-state index is 0.0669. The first-order chi connectivity index (χ1) is 11.4. The lowest BCUT2D eigenvalue weighted by Crippen LogP contribution is -2.14. The molecule has 1 saturated heterocycles. The Balaban J connectivity index is 1.83. The van der Waals surface area contributed by atoms with Gasteiger partial charge in [-0.25, -0.2) is 8.42 Å². The van der Waals surface area contributed by atoms with Crippen molar-refractivity contribution in [2.24, 2.45) is 5.10 Å². The molecule has 1 fully saturated rings. The van der Waals surface area contributed by atoms with Crippen LogP contribution in [0.15, 0.2) is 35.4 Å². The van der Waals surface area contributed by atoms with Crippen LogP contribution in [-0.2, 0) is 9.84 Å². The highest BCUT2D eigenvalue weighted by Crippen LogP contribution is 2.26. The van der Waals surface area contributed by atoms with Gasteiger partial charge < -0.3 is 0 Å². The van der Waals surface area contributed by atoms with Crippen LogP contribution in [0, 0.1) is 13.8 Å². The highest BCUT2D eigenvalue weighted by molar-refractivity contribution is 7.91. The van der Waals surface area contributed by atoms with Crippen molar-refractivity contribution >= 4 is 21.7 Å². The number of anilines is 1. The van der Waals surface area contributed by atoms with Gasteiger partial charge in [0.15, 0.2) is 9.84 Å². The molecule has 0 saturated carbocycles. The molecule has 0 radical (unpaired) electrons. The second-order valence-electron chi connectivity index (χ2n) is 6.19. The quantitative estimate of drug-likeness (QED) is 0.629. The smallest absolute Gasteiger partial charge is 0.152 e. The average Bonchev–Trinajstić information content (AvgIpc) is 3.05. The summed E-state index contributed by atoms with van der Waals surface area (Å²) < 4.78 is 25.3. The molecule has 0 unspecified atom stereocenters. The predicted molar refractivity (Wildman–Crippen MR) is 96.4 cm³/mol. The van der Waals surface area contributed by atoms with Crippen molar-refractivity contribution in [1.29, 1.82) is 0 Å². The first-order valence-electron chi connectivity index (χ1n) is 7.96. The van der Waals surface area contributed by atoms with Crippen molar-refractivity contribution in [3.05, 3.63) is 47.3 Å². The number of sulfone groups is 1. The number of aryl methyl sites for hydroxylation is 1. The molecule has 1 aliphatic heterocycles. The Labute approximate surface area is 142 Å². The first kappa shape index (κ1) is 16.7. The van der Waals surface area contributed by atoms with Crippen LogP contribution in [0.2, 0.25) is 0 Å². The van der Waals surface area contributed by atoms with E-state index in [4.69, 9.17) is 0 Å². The Kier molecular flexibility index (Phi) is 4.45. The molecule has 24 heavy (non-hydrogen) atoms. The third kappa shape index (κ3) is 3.36. The highest BCUT2D eigenvalue weighted by Gasteiger charge is 2.31. The van der Waals surface area contributed by atoms with Gasteiger partial charge in [-0.3, -0.25) is 9.69 Å². The minimum Gasteiger partial charge on any atom is -0.269 e. The van der Waals surface area contributed by atoms with E-state index in [9.17, 15) is 8.42 Å². The number of aromatic nitrogens is 2. The SMILES string of the molecule is Cc1nn([C@H]2CCS(=O)(=O)C2)c(C)c1/C=N\N(C)c1ccccc1. The van der Waals surface area contributed by atoms with E-state index in [0.29, 0.717) is 6.42 Å². The molecular weight excluding hydrogens is 324 g/mol. The number of nitrogens with zero attached hydrogens (tertiary/aromatic N) is 4. The van der Waals surface area contributed by atoms with Gasteiger partial charge in [0.1, 0.15) is 0 Å². The van der Waals surface area contributed by atoms with Crippen LogP contribution in [0.25, 0.3) is 0 Å². The van der Waals surface area contributed by atoms with Crippen LogP contribution >= 0.6 is 0 Å². The molecule has 0 aliphatic carbocycles. The molecule has 3 rings (SSSR count). The molecule has 0 N–H and O–H groups in total. The highest BCUT2D eigenvalue weighted by atomic mass is 32.2. The third-order valence-electron chi connectivity index (χ3n) is 4.43. The molecule has 7 heteroatoms. The number of benzene rings is 1. The summed E-state index contributed by atoms with van der Waals surface area (Å²) >= 11 is 0. The fourth-order valence-electron chi connectivity index (χ4n) is 3.04. The minimum atomic E-state index is -2.93. The summed E-state index contributed by atoms with van der Waals surface area (Å²) in [5, 5.41) is 10.8. The lowest BCUT2D eigenvalue weighted by atomic mass is 10.2. The molecule has 0 spiro atoms. The van der Waals surface area contributed by atoms with Crippen molar-refractivity contribution in [2.45, 2.75) is 26.3 Å². The van der Waals surface area contributed by atoms with E-state index in [1.807, 2.05) is 55.9 Å². The standard InChI is InChI=1S/C17H22N4O2S/c1-13-17(11-18-20(3)15-7-5-4-6-8-15)14(2)21(19-13)16-9-10-24(22,23)12-16/h4-8,11,16H,9-10,12H2,1-3H3/b18-11-/t16-/m0/s1. The molecule has 0 bridgehead atoms. The van der Waals surface area contributed by atoms with Gasteiger partial charge in [0.25, 0.3) is 0 Å². The van der Waals surface area contributed by atoms with E-state index in [1.165, 1.54) is 0 Å². The lowest BCUT2D eigenvalue weighted by Gasteiger charge is -2.12. The zero-order chi connectivity index (χ0) is 17.3. The lowest BCUT2D eigenvalue weighted by molar-refractivity contribution is 0.486. The maximum absolute atomic E-state index is 11.7. The van der Waals surface area contributed by atoms with Gasteiger partial charge in [0, 0.05) is 18.3 Å². The van der Waals surface area contributed by atoms with E-state index in [2.05, 4.69) is 10.2 Å². The van der Waals surface area contributed by atoms with Gasteiger partial charge in [-0.15, -0.1) is 0 Å². The monoisotopic (exact) mass is 346 g/mol. The molecular formula is C17H22N4O2S. The topological polar surface area (TPSA) is 67.6 Å². The van der Waals surface area contributed by atoms with Crippen LogP contribution in [0.1, 0.15) is 29.4 Å². The zero-order valence-electron chi connectivity index (χ0n) is 14.2. The predicted octanol–water partition coefficient (Wildman–Crippen LogP) is 2.33. The Bertz CT molecular complexity index is 856. The summed E-state index contributed by atoms with van der Waals surface area (Å²) in [5.41, 5.74) is 3.77. The molecule has 2 heterocycles. The molecule has 1 atom stereocenters. The molecule has 2 aromatic rings. The van der Waals surface area contributed by atoms with E-state index in [-0.39, 0.29) is 17.5 Å². The van der Waals surface area contributed by atoms with Crippen molar-refractivity contribution < 1.29 is 8.42 Å². The fourth-order valence-corrected chi connectivity index (χ4v) is 4.73. The maximum atomic E-state index is 11.7. The van der Waals surface area contributed by atoms with Gasteiger partial charge in [0.2, 0.25) is 0 Å². The van der Waals surface area contributed by atoms with Crippen molar-refractivity contribution in [3.63, 3.8) is 0 Å². The molecule has 1 aromatic carbocycles. The number of hydrogen-bond donors (Lipinski definition) is 0. The summed E-state index contributed by atoms with van der Waals surface area (Å²) in [6.45, 7) is 3.89. The largest absolute Gasteiger partial charge is 0.269 e. The van der Waals surface area contributed by atoms with Gasteiger partial charge in [0.05, 0.1) is 35.1 Å². The fraction of sp³-hybridized carbons (Fsp3) is 0.412. The van der Waals surface area contributed by atoms with Crippen LogP contribution in [0.3, 0.4) is 0 Å². The van der Waals surface area contributed by atoms with E-state index in [0.717, 1.165) is 22.6 Å². The maximum Gasteiger partial charge on any atom is 0.152 e.